The summed E-state index contributed by atoms with van der Waals surface area (Å²) in [5.74, 6) is 0.0234. The standard InChI is InChI=1S/C15H22BrNO2/c1-3-17(4-2)10-7-11-19-12-15(18)13-8-5-6-9-14(13)16/h5-6,8-9H,3-4,7,10-12H2,1-2H3. The Hall–Kier alpha value is -0.710. The average Bonchev–Trinajstić information content (AvgIpc) is 2.43. The number of ketones is 1. The minimum Gasteiger partial charge on any atom is -0.373 e. The van der Waals surface area contributed by atoms with E-state index in [-0.39, 0.29) is 12.4 Å². The Morgan fingerprint density at radius 1 is 1.26 bits per heavy atom. The van der Waals surface area contributed by atoms with E-state index in [1.807, 2.05) is 24.3 Å². The molecule has 0 fully saturated rings. The molecule has 0 atom stereocenters. The van der Waals surface area contributed by atoms with Crippen molar-refractivity contribution in [3.63, 3.8) is 0 Å². The molecule has 0 radical (unpaired) electrons. The van der Waals surface area contributed by atoms with Crippen LogP contribution >= 0.6 is 15.9 Å². The van der Waals surface area contributed by atoms with Crippen molar-refractivity contribution >= 4 is 21.7 Å². The molecule has 1 aromatic rings. The van der Waals surface area contributed by atoms with Crippen molar-refractivity contribution in [1.82, 2.24) is 4.90 Å². The maximum atomic E-state index is 11.9. The maximum absolute atomic E-state index is 11.9. The van der Waals surface area contributed by atoms with Gasteiger partial charge in [0.1, 0.15) is 6.61 Å². The quantitative estimate of drug-likeness (QED) is 0.514. The summed E-state index contributed by atoms with van der Waals surface area (Å²) in [7, 11) is 0. The maximum Gasteiger partial charge on any atom is 0.189 e. The molecule has 0 heterocycles. The fraction of sp³-hybridized carbons (Fsp3) is 0.533. The van der Waals surface area contributed by atoms with Gasteiger partial charge in [0.2, 0.25) is 0 Å². The van der Waals surface area contributed by atoms with Crippen LogP contribution in [0.2, 0.25) is 0 Å². The summed E-state index contributed by atoms with van der Waals surface area (Å²) in [5.41, 5.74) is 0.686. The third-order valence-corrected chi connectivity index (χ3v) is 3.76. The minimum absolute atomic E-state index is 0.0234. The van der Waals surface area contributed by atoms with Crippen LogP contribution < -0.4 is 0 Å². The molecule has 0 N–H and O–H groups in total. The molecule has 1 rings (SSSR count). The number of carbonyl (C=O) groups excluding carboxylic acids is 1. The smallest absolute Gasteiger partial charge is 0.189 e. The zero-order valence-electron chi connectivity index (χ0n) is 11.7. The summed E-state index contributed by atoms with van der Waals surface area (Å²) in [6, 6.07) is 7.43. The Kier molecular flexibility index (Phi) is 7.94. The fourth-order valence-corrected chi connectivity index (χ4v) is 2.37. The van der Waals surface area contributed by atoms with Crippen LogP contribution in [0.1, 0.15) is 30.6 Å². The predicted octanol–water partition coefficient (Wildman–Crippen LogP) is 3.38. The highest BCUT2D eigenvalue weighted by molar-refractivity contribution is 9.10. The van der Waals surface area contributed by atoms with Crippen LogP contribution in [0.4, 0.5) is 0 Å². The molecule has 0 bridgehead atoms. The van der Waals surface area contributed by atoms with Crippen molar-refractivity contribution in [2.24, 2.45) is 0 Å². The summed E-state index contributed by atoms with van der Waals surface area (Å²) >= 11 is 3.37. The van der Waals surface area contributed by atoms with E-state index < -0.39 is 0 Å². The van der Waals surface area contributed by atoms with E-state index in [2.05, 4.69) is 34.7 Å². The van der Waals surface area contributed by atoms with E-state index in [0.29, 0.717) is 12.2 Å². The Morgan fingerprint density at radius 2 is 1.95 bits per heavy atom. The molecule has 106 valence electrons. The topological polar surface area (TPSA) is 29.5 Å². The normalized spacial score (nSPS) is 10.9. The van der Waals surface area contributed by atoms with Gasteiger partial charge in [0.15, 0.2) is 5.78 Å². The molecule has 0 saturated carbocycles. The number of hydrogen-bond donors (Lipinski definition) is 0. The highest BCUT2D eigenvalue weighted by Gasteiger charge is 2.09. The third kappa shape index (κ3) is 5.85. The van der Waals surface area contributed by atoms with Gasteiger partial charge in [-0.3, -0.25) is 4.79 Å². The van der Waals surface area contributed by atoms with Gasteiger partial charge in [-0.25, -0.2) is 0 Å². The Bertz CT molecular complexity index is 391. The first-order chi connectivity index (χ1) is 9.19. The molecule has 19 heavy (non-hydrogen) atoms. The molecule has 1 aromatic carbocycles. The van der Waals surface area contributed by atoms with Crippen LogP contribution in [-0.2, 0) is 4.74 Å². The second-order valence-corrected chi connectivity index (χ2v) is 5.19. The van der Waals surface area contributed by atoms with Gasteiger partial charge >= 0.3 is 0 Å². The monoisotopic (exact) mass is 327 g/mol. The predicted molar refractivity (Wildman–Crippen MR) is 81.7 cm³/mol. The number of nitrogens with zero attached hydrogens (tertiary/aromatic N) is 1. The molecule has 0 aromatic heterocycles. The first kappa shape index (κ1) is 16.3. The number of Topliss-reactive ketones (excluding diaryl/α,β-unsaturated/α-hetero) is 1. The molecule has 0 aliphatic carbocycles. The zero-order valence-corrected chi connectivity index (χ0v) is 13.3. The number of halogens is 1. The molecule has 4 heteroatoms. The Labute approximate surface area is 124 Å². The number of rotatable bonds is 9. The van der Waals surface area contributed by atoms with E-state index in [1.165, 1.54) is 0 Å². The van der Waals surface area contributed by atoms with Crippen LogP contribution in [0.5, 0.6) is 0 Å². The van der Waals surface area contributed by atoms with Gasteiger partial charge in [-0.2, -0.15) is 0 Å². The first-order valence-electron chi connectivity index (χ1n) is 6.76. The van der Waals surface area contributed by atoms with E-state index in [4.69, 9.17) is 4.74 Å². The molecule has 0 amide bonds. The van der Waals surface area contributed by atoms with Gasteiger partial charge in [0.25, 0.3) is 0 Å². The molecule has 0 aliphatic heterocycles. The lowest BCUT2D eigenvalue weighted by molar-refractivity contribution is 0.0739. The van der Waals surface area contributed by atoms with Crippen molar-refractivity contribution in [1.29, 1.82) is 0 Å². The van der Waals surface area contributed by atoms with Crippen molar-refractivity contribution in [2.45, 2.75) is 20.3 Å². The van der Waals surface area contributed by atoms with Gasteiger partial charge < -0.3 is 9.64 Å². The number of hydrogen-bond acceptors (Lipinski definition) is 3. The van der Waals surface area contributed by atoms with Crippen molar-refractivity contribution in [2.75, 3.05) is 32.8 Å². The van der Waals surface area contributed by atoms with Gasteiger partial charge in [0.05, 0.1) is 0 Å². The van der Waals surface area contributed by atoms with Crippen molar-refractivity contribution < 1.29 is 9.53 Å². The lowest BCUT2D eigenvalue weighted by Crippen LogP contribution is -2.25. The molecule has 3 nitrogen and oxygen atoms in total. The van der Waals surface area contributed by atoms with Crippen LogP contribution in [0.25, 0.3) is 0 Å². The molecule has 0 saturated heterocycles. The molecule has 0 aliphatic rings. The molecule has 0 unspecified atom stereocenters. The Morgan fingerprint density at radius 3 is 2.58 bits per heavy atom. The van der Waals surface area contributed by atoms with Gasteiger partial charge in [-0.1, -0.05) is 48.0 Å². The van der Waals surface area contributed by atoms with Gasteiger partial charge in [0, 0.05) is 23.2 Å². The van der Waals surface area contributed by atoms with Gasteiger partial charge in [-0.15, -0.1) is 0 Å². The molecule has 0 spiro atoms. The van der Waals surface area contributed by atoms with Crippen LogP contribution in [0.15, 0.2) is 28.7 Å². The van der Waals surface area contributed by atoms with Gasteiger partial charge in [-0.05, 0) is 25.6 Å². The second kappa shape index (κ2) is 9.23. The van der Waals surface area contributed by atoms with Crippen LogP contribution in [0.3, 0.4) is 0 Å². The lowest BCUT2D eigenvalue weighted by Gasteiger charge is -2.17. The number of carbonyl (C=O) groups is 1. The van der Waals surface area contributed by atoms with Crippen molar-refractivity contribution in [3.8, 4) is 0 Å². The van der Waals surface area contributed by atoms with Crippen molar-refractivity contribution in [3.05, 3.63) is 34.3 Å². The first-order valence-corrected chi connectivity index (χ1v) is 7.56. The highest BCUT2D eigenvalue weighted by atomic mass is 79.9. The summed E-state index contributed by atoms with van der Waals surface area (Å²) in [6.45, 7) is 8.24. The summed E-state index contributed by atoms with van der Waals surface area (Å²) in [6.07, 6.45) is 0.963. The Balaban J connectivity index is 2.23. The average molecular weight is 328 g/mol. The summed E-state index contributed by atoms with van der Waals surface area (Å²) in [5, 5.41) is 0. The van der Waals surface area contributed by atoms with E-state index in [1.54, 1.807) is 0 Å². The second-order valence-electron chi connectivity index (χ2n) is 4.34. The largest absolute Gasteiger partial charge is 0.373 e. The van der Waals surface area contributed by atoms with E-state index in [0.717, 1.165) is 30.5 Å². The SMILES string of the molecule is CCN(CC)CCCOCC(=O)c1ccccc1Br. The molecular weight excluding hydrogens is 306 g/mol. The zero-order chi connectivity index (χ0) is 14.1. The summed E-state index contributed by atoms with van der Waals surface area (Å²) < 4.78 is 6.27. The van der Waals surface area contributed by atoms with Crippen LogP contribution in [-0.4, -0.2) is 43.5 Å². The lowest BCUT2D eigenvalue weighted by atomic mass is 10.1. The number of ether oxygens (including phenoxy) is 1. The van der Waals surface area contributed by atoms with E-state index >= 15 is 0 Å². The minimum atomic E-state index is 0.0234. The molecular formula is C15H22BrNO2. The fourth-order valence-electron chi connectivity index (χ4n) is 1.86. The van der Waals surface area contributed by atoms with Crippen LogP contribution in [0, 0.1) is 0 Å². The summed E-state index contributed by atoms with van der Waals surface area (Å²) in [4.78, 5) is 14.3. The number of benzene rings is 1. The van der Waals surface area contributed by atoms with E-state index in [9.17, 15) is 4.79 Å². The highest BCUT2D eigenvalue weighted by Crippen LogP contribution is 2.16. The third-order valence-electron chi connectivity index (χ3n) is 3.06.